The van der Waals surface area contributed by atoms with E-state index in [-0.39, 0.29) is 11.6 Å². The fraction of sp³-hybridized carbons (Fsp3) is 0.143. The number of furan rings is 1. The van der Waals surface area contributed by atoms with E-state index in [4.69, 9.17) is 13.6 Å². The molecule has 6 nitrogen and oxygen atoms in total. The van der Waals surface area contributed by atoms with Crippen LogP contribution in [0.1, 0.15) is 5.76 Å². The molecule has 3 rings (SSSR count). The number of phenolic OH excluding ortho intramolecular Hbond substituents is 1. The number of nitrogens with zero attached hydrogens (tertiary/aromatic N) is 2. The average Bonchev–Trinajstić information content (AvgIpc) is 3.07. The second-order valence-corrected chi connectivity index (χ2v) is 4.19. The van der Waals surface area contributed by atoms with E-state index in [2.05, 4.69) is 10.2 Å². The van der Waals surface area contributed by atoms with Crippen molar-refractivity contribution >= 4 is 0 Å². The Morgan fingerprint density at radius 3 is 2.45 bits per heavy atom. The Balaban J connectivity index is 2.00. The van der Waals surface area contributed by atoms with E-state index in [0.29, 0.717) is 23.0 Å². The first-order valence-corrected chi connectivity index (χ1v) is 5.94. The Morgan fingerprint density at radius 2 is 1.85 bits per heavy atom. The van der Waals surface area contributed by atoms with Crippen molar-refractivity contribution < 1.29 is 18.7 Å². The minimum absolute atomic E-state index is 0.0171. The normalized spacial score (nSPS) is 10.7. The van der Waals surface area contributed by atoms with E-state index in [1.807, 2.05) is 6.92 Å². The summed E-state index contributed by atoms with van der Waals surface area (Å²) in [5.41, 5.74) is 1.18. The molecule has 0 saturated carbocycles. The lowest BCUT2D eigenvalue weighted by Crippen LogP contribution is -1.84. The van der Waals surface area contributed by atoms with Crippen LogP contribution in [0.25, 0.3) is 22.9 Å². The molecule has 0 aliphatic carbocycles. The van der Waals surface area contributed by atoms with E-state index in [9.17, 15) is 5.11 Å². The molecule has 2 aromatic heterocycles. The molecule has 0 radical (unpaired) electrons. The monoisotopic (exact) mass is 272 g/mol. The number of methoxy groups -OCH3 is 1. The largest absolute Gasteiger partial charge is 0.507 e. The van der Waals surface area contributed by atoms with Gasteiger partial charge in [-0.3, -0.25) is 0 Å². The Kier molecular flexibility index (Phi) is 2.90. The van der Waals surface area contributed by atoms with Crippen molar-refractivity contribution in [3.63, 3.8) is 0 Å². The van der Waals surface area contributed by atoms with Crippen molar-refractivity contribution in [2.75, 3.05) is 7.11 Å². The molecule has 0 atom stereocenters. The number of hydrogen-bond donors (Lipinski definition) is 1. The molecule has 0 aliphatic rings. The molecule has 2 heterocycles. The molecule has 0 saturated heterocycles. The number of aromatic hydroxyl groups is 1. The summed E-state index contributed by atoms with van der Waals surface area (Å²) in [6, 6.07) is 6.61. The topological polar surface area (TPSA) is 81.5 Å². The Labute approximate surface area is 114 Å². The van der Waals surface area contributed by atoms with E-state index >= 15 is 0 Å². The van der Waals surface area contributed by atoms with Crippen molar-refractivity contribution in [3.05, 3.63) is 36.3 Å². The highest BCUT2D eigenvalue weighted by Gasteiger charge is 2.16. The summed E-state index contributed by atoms with van der Waals surface area (Å²) >= 11 is 0. The zero-order valence-electron chi connectivity index (χ0n) is 11.0. The molecular formula is C14H12N2O4. The molecule has 0 spiro atoms. The number of hydrogen-bond acceptors (Lipinski definition) is 6. The number of phenols is 1. The summed E-state index contributed by atoms with van der Waals surface area (Å²) in [5, 5.41) is 17.8. The molecule has 1 aromatic carbocycles. The minimum atomic E-state index is 0.0171. The van der Waals surface area contributed by atoms with Crippen LogP contribution in [-0.2, 0) is 0 Å². The second-order valence-electron chi connectivity index (χ2n) is 4.19. The van der Waals surface area contributed by atoms with E-state index in [0.717, 1.165) is 5.56 Å². The minimum Gasteiger partial charge on any atom is -0.507 e. The van der Waals surface area contributed by atoms with Crippen LogP contribution in [0.15, 0.2) is 39.4 Å². The first-order valence-electron chi connectivity index (χ1n) is 5.94. The van der Waals surface area contributed by atoms with Crippen molar-refractivity contribution in [3.8, 4) is 34.4 Å². The molecule has 20 heavy (non-hydrogen) atoms. The molecule has 102 valence electrons. The first kappa shape index (κ1) is 12.3. The van der Waals surface area contributed by atoms with Crippen LogP contribution < -0.4 is 4.74 Å². The van der Waals surface area contributed by atoms with Gasteiger partial charge in [0, 0.05) is 6.07 Å². The number of aryl methyl sites for hydroxylation is 1. The van der Waals surface area contributed by atoms with Crippen molar-refractivity contribution in [1.29, 1.82) is 0 Å². The molecule has 0 bridgehead atoms. The zero-order chi connectivity index (χ0) is 14.1. The maximum atomic E-state index is 9.94. The van der Waals surface area contributed by atoms with E-state index in [1.165, 1.54) is 13.2 Å². The van der Waals surface area contributed by atoms with Gasteiger partial charge in [0.25, 0.3) is 11.8 Å². The lowest BCUT2D eigenvalue weighted by molar-refractivity contribution is 0.407. The molecular weight excluding hydrogens is 260 g/mol. The Hall–Kier alpha value is -2.76. The molecule has 0 aliphatic heterocycles. The van der Waals surface area contributed by atoms with Crippen LogP contribution in [-0.4, -0.2) is 22.4 Å². The van der Waals surface area contributed by atoms with Crippen molar-refractivity contribution in [2.45, 2.75) is 6.92 Å². The highest BCUT2D eigenvalue weighted by atomic mass is 16.5. The van der Waals surface area contributed by atoms with Gasteiger partial charge < -0.3 is 18.7 Å². The van der Waals surface area contributed by atoms with Gasteiger partial charge >= 0.3 is 0 Å². The number of benzene rings is 1. The average molecular weight is 272 g/mol. The lowest BCUT2D eigenvalue weighted by atomic mass is 10.2. The zero-order valence-corrected chi connectivity index (χ0v) is 11.0. The highest BCUT2D eigenvalue weighted by Crippen LogP contribution is 2.33. The third-order valence-electron chi connectivity index (χ3n) is 2.95. The lowest BCUT2D eigenvalue weighted by Gasteiger charge is -2.02. The smallest absolute Gasteiger partial charge is 0.251 e. The maximum absolute atomic E-state index is 9.94. The summed E-state index contributed by atoms with van der Waals surface area (Å²) in [7, 11) is 1.53. The number of rotatable bonds is 3. The van der Waals surface area contributed by atoms with Gasteiger partial charge in [0.2, 0.25) is 0 Å². The summed E-state index contributed by atoms with van der Waals surface area (Å²) in [6.45, 7) is 1.81. The van der Waals surface area contributed by atoms with Gasteiger partial charge in [-0.15, -0.1) is 10.2 Å². The molecule has 0 unspecified atom stereocenters. The molecule has 6 heteroatoms. The molecule has 0 fully saturated rings. The standard InChI is InChI=1S/C14H12N2O4/c1-8-10(5-6-19-8)13-15-16-14(20-13)11-4-3-9(18-2)7-12(11)17/h3-7,17H,1-2H3. The molecule has 3 aromatic rings. The maximum Gasteiger partial charge on any atom is 0.251 e. The van der Waals surface area contributed by atoms with Crippen molar-refractivity contribution in [1.82, 2.24) is 10.2 Å². The SMILES string of the molecule is COc1ccc(-c2nnc(-c3ccoc3C)o2)c(O)c1. The highest BCUT2D eigenvalue weighted by molar-refractivity contribution is 5.65. The van der Waals surface area contributed by atoms with E-state index in [1.54, 1.807) is 24.5 Å². The predicted molar refractivity (Wildman–Crippen MR) is 70.4 cm³/mol. The van der Waals surface area contributed by atoms with Gasteiger partial charge in [-0.2, -0.15) is 0 Å². The summed E-state index contributed by atoms with van der Waals surface area (Å²) < 4.78 is 15.8. The van der Waals surface area contributed by atoms with E-state index < -0.39 is 0 Å². The van der Waals surface area contributed by atoms with Crippen LogP contribution in [0.2, 0.25) is 0 Å². The summed E-state index contributed by atoms with van der Waals surface area (Å²) in [4.78, 5) is 0. The fourth-order valence-corrected chi connectivity index (χ4v) is 1.87. The van der Waals surface area contributed by atoms with Crippen LogP contribution >= 0.6 is 0 Å². The molecule has 0 amide bonds. The van der Waals surface area contributed by atoms with Gasteiger partial charge in [-0.25, -0.2) is 0 Å². The number of ether oxygens (including phenoxy) is 1. The fourth-order valence-electron chi connectivity index (χ4n) is 1.87. The molecule has 1 N–H and O–H groups in total. The van der Waals surface area contributed by atoms with Crippen LogP contribution in [0.3, 0.4) is 0 Å². The third-order valence-corrected chi connectivity index (χ3v) is 2.95. The van der Waals surface area contributed by atoms with Crippen LogP contribution in [0.5, 0.6) is 11.5 Å². The second kappa shape index (κ2) is 4.73. The Morgan fingerprint density at radius 1 is 1.10 bits per heavy atom. The quantitative estimate of drug-likeness (QED) is 0.789. The third kappa shape index (κ3) is 2.01. The van der Waals surface area contributed by atoms with Crippen LogP contribution in [0.4, 0.5) is 0 Å². The predicted octanol–water partition coefficient (Wildman–Crippen LogP) is 3.02. The summed E-state index contributed by atoms with van der Waals surface area (Å²) in [5.74, 6) is 1.85. The first-order chi connectivity index (χ1) is 9.69. The van der Waals surface area contributed by atoms with Gasteiger partial charge in [-0.05, 0) is 25.1 Å². The number of aromatic nitrogens is 2. The van der Waals surface area contributed by atoms with Gasteiger partial charge in [0.05, 0.1) is 24.5 Å². The van der Waals surface area contributed by atoms with Gasteiger partial charge in [-0.1, -0.05) is 0 Å². The van der Waals surface area contributed by atoms with Gasteiger partial charge in [0.1, 0.15) is 17.3 Å². The Bertz CT molecular complexity index is 745. The van der Waals surface area contributed by atoms with Gasteiger partial charge in [0.15, 0.2) is 0 Å². The summed E-state index contributed by atoms with van der Waals surface area (Å²) in [6.07, 6.45) is 1.55. The van der Waals surface area contributed by atoms with Crippen molar-refractivity contribution in [2.24, 2.45) is 0 Å². The van der Waals surface area contributed by atoms with Crippen LogP contribution in [0, 0.1) is 6.92 Å².